The lowest BCUT2D eigenvalue weighted by atomic mass is 10.0. The maximum Gasteiger partial charge on any atom is 0.303 e. The van der Waals surface area contributed by atoms with E-state index in [1.165, 1.54) is 32.9 Å². The van der Waals surface area contributed by atoms with E-state index < -0.39 is 42.5 Å². The van der Waals surface area contributed by atoms with E-state index in [0.29, 0.717) is 5.75 Å². The number of carbonyl (C=O) groups excluding carboxylic acids is 3. The van der Waals surface area contributed by atoms with Crippen LogP contribution in [-0.4, -0.2) is 54.2 Å². The molecule has 1 N–H and O–H groups in total. The van der Waals surface area contributed by atoms with Crippen molar-refractivity contribution < 1.29 is 43.2 Å². The van der Waals surface area contributed by atoms with Gasteiger partial charge in [-0.25, -0.2) is 0 Å². The Bertz CT molecular complexity index is 670. The predicted molar refractivity (Wildman–Crippen MR) is 89.8 cm³/mol. The van der Waals surface area contributed by atoms with Gasteiger partial charge >= 0.3 is 17.9 Å². The first kappa shape index (κ1) is 20.5. The molecule has 0 aromatic heterocycles. The molecule has 2 rings (SSSR count). The van der Waals surface area contributed by atoms with E-state index in [-0.39, 0.29) is 18.8 Å². The van der Waals surface area contributed by atoms with E-state index in [2.05, 4.69) is 0 Å². The van der Waals surface area contributed by atoms with Crippen molar-refractivity contribution in [3.63, 3.8) is 0 Å². The monoisotopic (exact) mass is 382 g/mol. The van der Waals surface area contributed by atoms with E-state index in [1.54, 1.807) is 12.1 Å². The summed E-state index contributed by atoms with van der Waals surface area (Å²) in [5.74, 6) is -1.20. The van der Waals surface area contributed by atoms with Crippen molar-refractivity contribution in [2.24, 2.45) is 0 Å². The predicted octanol–water partition coefficient (Wildman–Crippen LogP) is 1.31. The zero-order valence-electron chi connectivity index (χ0n) is 15.2. The molecule has 27 heavy (non-hydrogen) atoms. The molecule has 1 fully saturated rings. The summed E-state index contributed by atoms with van der Waals surface area (Å²) in [5, 5.41) is 9.35. The van der Waals surface area contributed by atoms with Gasteiger partial charge in [0.15, 0.2) is 6.10 Å². The summed E-state index contributed by atoms with van der Waals surface area (Å²) >= 11 is 0. The van der Waals surface area contributed by atoms with Crippen molar-refractivity contribution in [3.8, 4) is 11.5 Å². The highest BCUT2D eigenvalue weighted by Gasteiger charge is 2.44. The van der Waals surface area contributed by atoms with Crippen LogP contribution in [0, 0.1) is 0 Å². The molecular weight excluding hydrogens is 360 g/mol. The van der Waals surface area contributed by atoms with Crippen molar-refractivity contribution in [2.75, 3.05) is 6.61 Å². The molecule has 0 radical (unpaired) electrons. The van der Waals surface area contributed by atoms with Gasteiger partial charge in [0.25, 0.3) is 0 Å². The minimum atomic E-state index is -0.953. The highest BCUT2D eigenvalue weighted by atomic mass is 16.7. The summed E-state index contributed by atoms with van der Waals surface area (Å²) in [6, 6.07) is 5.97. The molecule has 148 valence electrons. The van der Waals surface area contributed by atoms with Crippen molar-refractivity contribution in [1.82, 2.24) is 0 Å². The number of rotatable bonds is 6. The molecular formula is C18H22O9. The highest BCUT2D eigenvalue weighted by molar-refractivity contribution is 5.67. The zero-order valence-corrected chi connectivity index (χ0v) is 15.2. The first-order chi connectivity index (χ1) is 12.7. The first-order valence-electron chi connectivity index (χ1n) is 8.33. The molecule has 0 bridgehead atoms. The van der Waals surface area contributed by atoms with Crippen molar-refractivity contribution in [2.45, 2.75) is 51.8 Å². The smallest absolute Gasteiger partial charge is 0.303 e. The van der Waals surface area contributed by atoms with Gasteiger partial charge in [-0.05, 0) is 24.3 Å². The second-order valence-corrected chi connectivity index (χ2v) is 5.98. The third kappa shape index (κ3) is 6.45. The Morgan fingerprint density at radius 1 is 1.04 bits per heavy atom. The van der Waals surface area contributed by atoms with Crippen LogP contribution < -0.4 is 4.74 Å². The van der Waals surface area contributed by atoms with Crippen molar-refractivity contribution in [3.05, 3.63) is 24.3 Å². The highest BCUT2D eigenvalue weighted by Crippen LogP contribution is 2.28. The standard InChI is InChI=1S/C18H22O9/c1-10(19)23-9-16-18(25-12(3)21)15(24-11(2)20)8-17(27-16)26-14-6-4-13(22)5-7-14/h4-7,15-18,22H,8-9H2,1-3H3/t15-,16-,17+,18+/m1/s1. The lowest BCUT2D eigenvalue weighted by Crippen LogP contribution is -2.54. The van der Waals surface area contributed by atoms with Gasteiger partial charge in [-0.15, -0.1) is 0 Å². The van der Waals surface area contributed by atoms with Crippen LogP contribution in [0.3, 0.4) is 0 Å². The molecule has 1 heterocycles. The fourth-order valence-electron chi connectivity index (χ4n) is 2.65. The van der Waals surface area contributed by atoms with Crippen LogP contribution in [-0.2, 0) is 33.3 Å². The third-order valence-electron chi connectivity index (χ3n) is 3.66. The minimum absolute atomic E-state index is 0.0763. The summed E-state index contributed by atoms with van der Waals surface area (Å²) in [6.07, 6.45) is -3.45. The van der Waals surface area contributed by atoms with Gasteiger partial charge in [-0.1, -0.05) is 0 Å². The van der Waals surface area contributed by atoms with Gasteiger partial charge < -0.3 is 28.8 Å². The summed E-state index contributed by atoms with van der Waals surface area (Å²) < 4.78 is 27.0. The molecule has 0 amide bonds. The summed E-state index contributed by atoms with van der Waals surface area (Å²) in [7, 11) is 0. The Hall–Kier alpha value is -2.81. The quantitative estimate of drug-likeness (QED) is 0.574. The van der Waals surface area contributed by atoms with Crippen LogP contribution >= 0.6 is 0 Å². The maximum atomic E-state index is 11.5. The SMILES string of the molecule is CC(=O)OC[C@H]1O[C@H](Oc2ccc(O)cc2)C[C@@H](OC(C)=O)[C@@H]1OC(C)=O. The van der Waals surface area contributed by atoms with E-state index >= 15 is 0 Å². The second-order valence-electron chi connectivity index (χ2n) is 5.98. The van der Waals surface area contributed by atoms with Gasteiger partial charge in [-0.2, -0.15) is 0 Å². The Balaban J connectivity index is 2.19. The molecule has 0 unspecified atom stereocenters. The number of esters is 3. The van der Waals surface area contributed by atoms with Gasteiger partial charge in [0.05, 0.1) is 6.42 Å². The molecule has 1 saturated heterocycles. The number of hydrogen-bond donors (Lipinski definition) is 1. The Kier molecular flexibility index (Phi) is 7.00. The third-order valence-corrected chi connectivity index (χ3v) is 3.66. The van der Waals surface area contributed by atoms with Crippen LogP contribution in [0.2, 0.25) is 0 Å². The molecule has 1 aromatic carbocycles. The first-order valence-corrected chi connectivity index (χ1v) is 8.33. The molecule has 9 nitrogen and oxygen atoms in total. The number of ether oxygens (including phenoxy) is 5. The molecule has 0 saturated carbocycles. The number of benzene rings is 1. The van der Waals surface area contributed by atoms with Crippen LogP contribution in [0.4, 0.5) is 0 Å². The molecule has 0 aliphatic carbocycles. The van der Waals surface area contributed by atoms with Gasteiger partial charge in [-0.3, -0.25) is 14.4 Å². The topological polar surface area (TPSA) is 118 Å². The Morgan fingerprint density at radius 3 is 2.22 bits per heavy atom. The summed E-state index contributed by atoms with van der Waals surface area (Å²) in [5.41, 5.74) is 0. The van der Waals surface area contributed by atoms with Crippen LogP contribution in [0.25, 0.3) is 0 Å². The Labute approximate surface area is 156 Å². The van der Waals surface area contributed by atoms with Gasteiger partial charge in [0, 0.05) is 20.8 Å². The van der Waals surface area contributed by atoms with Crippen LogP contribution in [0.1, 0.15) is 27.2 Å². The van der Waals surface area contributed by atoms with E-state index in [1.807, 2.05) is 0 Å². The van der Waals surface area contributed by atoms with E-state index in [0.717, 1.165) is 0 Å². The zero-order chi connectivity index (χ0) is 20.0. The lowest BCUT2D eigenvalue weighted by molar-refractivity contribution is -0.245. The average Bonchev–Trinajstić information content (AvgIpc) is 2.56. The lowest BCUT2D eigenvalue weighted by Gasteiger charge is -2.39. The van der Waals surface area contributed by atoms with Crippen molar-refractivity contribution >= 4 is 17.9 Å². The number of phenols is 1. The van der Waals surface area contributed by atoms with Crippen LogP contribution in [0.15, 0.2) is 24.3 Å². The number of hydrogen-bond acceptors (Lipinski definition) is 9. The van der Waals surface area contributed by atoms with Crippen molar-refractivity contribution in [1.29, 1.82) is 0 Å². The molecule has 4 atom stereocenters. The Morgan fingerprint density at radius 2 is 1.67 bits per heavy atom. The summed E-state index contributed by atoms with van der Waals surface area (Å²) in [6.45, 7) is 3.47. The van der Waals surface area contributed by atoms with Gasteiger partial charge in [0.2, 0.25) is 6.29 Å². The molecule has 9 heteroatoms. The summed E-state index contributed by atoms with van der Waals surface area (Å²) in [4.78, 5) is 34.1. The number of aromatic hydroxyl groups is 1. The normalized spacial score (nSPS) is 24.6. The van der Waals surface area contributed by atoms with E-state index in [9.17, 15) is 19.5 Å². The fraction of sp³-hybridized carbons (Fsp3) is 0.500. The minimum Gasteiger partial charge on any atom is -0.508 e. The molecule has 1 aromatic rings. The fourth-order valence-corrected chi connectivity index (χ4v) is 2.65. The average molecular weight is 382 g/mol. The maximum absolute atomic E-state index is 11.5. The second kappa shape index (κ2) is 9.22. The largest absolute Gasteiger partial charge is 0.508 e. The van der Waals surface area contributed by atoms with Gasteiger partial charge in [0.1, 0.15) is 30.3 Å². The number of phenolic OH excluding ortho intramolecular Hbond substituents is 1. The van der Waals surface area contributed by atoms with E-state index in [4.69, 9.17) is 23.7 Å². The molecule has 1 aliphatic heterocycles. The van der Waals surface area contributed by atoms with Crippen LogP contribution in [0.5, 0.6) is 11.5 Å². The molecule has 0 spiro atoms. The number of carbonyl (C=O) groups is 3. The molecule has 1 aliphatic rings.